The van der Waals surface area contributed by atoms with Crippen molar-refractivity contribution in [2.24, 2.45) is 17.3 Å². The predicted molar refractivity (Wildman–Crippen MR) is 227 cm³/mol. The Bertz CT molecular complexity index is 2270. The van der Waals surface area contributed by atoms with Gasteiger partial charge in [0, 0.05) is 54.9 Å². The highest BCUT2D eigenvalue weighted by molar-refractivity contribution is 7.92. The maximum Gasteiger partial charge on any atom is 0.273 e. The fourth-order valence-corrected chi connectivity index (χ4v) is 9.60. The minimum atomic E-state index is -4.22. The number of nitrogens with one attached hydrogen (secondary N) is 2. The van der Waals surface area contributed by atoms with E-state index in [1.54, 1.807) is 31.5 Å². The van der Waals surface area contributed by atoms with Crippen molar-refractivity contribution >= 4 is 55.9 Å². The van der Waals surface area contributed by atoms with Crippen molar-refractivity contribution in [1.82, 2.24) is 24.8 Å². The van der Waals surface area contributed by atoms with E-state index < -0.39 is 57.3 Å². The van der Waals surface area contributed by atoms with E-state index in [0.717, 1.165) is 36.2 Å². The average Bonchev–Trinajstić information content (AvgIpc) is 3.93. The van der Waals surface area contributed by atoms with Crippen LogP contribution in [0, 0.1) is 17.3 Å². The number of rotatable bonds is 14. The Morgan fingerprint density at radius 3 is 2.39 bits per heavy atom. The number of benzene rings is 2. The molecule has 2 fully saturated rings. The van der Waals surface area contributed by atoms with Gasteiger partial charge < -0.3 is 24.6 Å². The fourth-order valence-electron chi connectivity index (χ4n) is 7.61. The number of piperidine rings is 1. The van der Waals surface area contributed by atoms with E-state index in [0.29, 0.717) is 41.2 Å². The second kappa shape index (κ2) is 18.3. The molecule has 13 nitrogen and oxygen atoms in total. The highest BCUT2D eigenvalue weighted by Gasteiger charge is 2.47. The molecule has 6 rings (SSSR count). The van der Waals surface area contributed by atoms with Crippen molar-refractivity contribution in [3.63, 3.8) is 0 Å². The number of pyridine rings is 1. The van der Waals surface area contributed by atoms with Crippen LogP contribution in [0.15, 0.2) is 89.0 Å². The van der Waals surface area contributed by atoms with Gasteiger partial charge in [0.2, 0.25) is 17.7 Å². The number of carbonyl (C=O) groups excluding carboxylic acids is 4. The summed E-state index contributed by atoms with van der Waals surface area (Å²) in [4.78, 5) is 64.9. The minimum Gasteiger partial charge on any atom is -0.497 e. The molecule has 5 atom stereocenters. The Balaban J connectivity index is 1.34. The molecule has 15 heteroatoms. The van der Waals surface area contributed by atoms with Gasteiger partial charge in [-0.25, -0.2) is 18.1 Å². The maximum atomic E-state index is 14.9. The lowest BCUT2D eigenvalue weighted by atomic mass is 9.77. The highest BCUT2D eigenvalue weighted by atomic mass is 32.2. The number of hydrogen-bond acceptors (Lipinski definition) is 10. The van der Waals surface area contributed by atoms with Gasteiger partial charge in [0.1, 0.15) is 33.9 Å². The molecule has 314 valence electrons. The van der Waals surface area contributed by atoms with Crippen molar-refractivity contribution in [2.75, 3.05) is 26.7 Å². The molecule has 4 heterocycles. The van der Waals surface area contributed by atoms with Crippen molar-refractivity contribution in [3.8, 4) is 22.8 Å². The molecule has 2 N–H and O–H groups in total. The quantitative estimate of drug-likeness (QED) is 0.141. The van der Waals surface area contributed by atoms with Crippen LogP contribution in [0.4, 0.5) is 0 Å². The topological polar surface area (TPSA) is 164 Å². The SMILES string of the molecule is C=C[C@H](C)[C@@H](NC(=O)[C@@H]1C[C@@H](Oc2cc(-c3ccccc3)nc3cc(OC)ccc23)CN1C(=O)[C@@H](CC(=O)N1CCCCC1)C(C)(C)C)C(=O)NS(=O)(=O)c1cccs1. The van der Waals surface area contributed by atoms with Gasteiger partial charge in [-0.3, -0.25) is 19.2 Å². The summed E-state index contributed by atoms with van der Waals surface area (Å²) >= 11 is 0.950. The van der Waals surface area contributed by atoms with Crippen LogP contribution in [0.2, 0.25) is 0 Å². The van der Waals surface area contributed by atoms with Crippen LogP contribution in [-0.4, -0.2) is 91.8 Å². The fraction of sp³-hybridized carbons (Fsp3) is 0.432. The Labute approximate surface area is 350 Å². The van der Waals surface area contributed by atoms with Crippen LogP contribution in [0.25, 0.3) is 22.2 Å². The first-order valence-corrected chi connectivity index (χ1v) is 22.3. The third-order valence-corrected chi connectivity index (χ3v) is 13.8. The molecule has 4 aromatic rings. The first kappa shape index (κ1) is 43.3. The molecule has 2 aliphatic heterocycles. The number of carbonyl (C=O) groups is 4. The highest BCUT2D eigenvalue weighted by Crippen LogP contribution is 2.37. The normalized spacial score (nSPS) is 18.7. The molecule has 0 aliphatic carbocycles. The van der Waals surface area contributed by atoms with Gasteiger partial charge in [-0.05, 0) is 48.3 Å². The number of likely N-dealkylation sites (tertiary alicyclic amines) is 2. The van der Waals surface area contributed by atoms with Gasteiger partial charge in [-0.2, -0.15) is 0 Å². The lowest BCUT2D eigenvalue weighted by Gasteiger charge is -2.36. The summed E-state index contributed by atoms with van der Waals surface area (Å²) in [6.07, 6.45) is 3.61. The Morgan fingerprint density at radius 2 is 1.75 bits per heavy atom. The smallest absolute Gasteiger partial charge is 0.273 e. The number of methoxy groups -OCH3 is 1. The zero-order chi connectivity index (χ0) is 42.5. The zero-order valence-corrected chi connectivity index (χ0v) is 35.8. The van der Waals surface area contributed by atoms with E-state index in [9.17, 15) is 27.6 Å². The van der Waals surface area contributed by atoms with Crippen molar-refractivity contribution in [1.29, 1.82) is 0 Å². The van der Waals surface area contributed by atoms with Gasteiger partial charge in [-0.1, -0.05) is 70.2 Å². The van der Waals surface area contributed by atoms with Gasteiger partial charge in [0.15, 0.2) is 0 Å². The van der Waals surface area contributed by atoms with E-state index in [-0.39, 0.29) is 35.4 Å². The summed E-state index contributed by atoms with van der Waals surface area (Å²) in [5.74, 6) is -2.51. The first-order chi connectivity index (χ1) is 28.1. The molecule has 59 heavy (non-hydrogen) atoms. The maximum absolute atomic E-state index is 14.9. The lowest BCUT2D eigenvalue weighted by Crippen LogP contribution is -2.56. The minimum absolute atomic E-state index is 0.00266. The van der Waals surface area contributed by atoms with Crippen LogP contribution >= 0.6 is 11.3 Å². The molecule has 4 amide bonds. The molecular weight excluding hydrogens is 791 g/mol. The van der Waals surface area contributed by atoms with Crippen LogP contribution in [0.3, 0.4) is 0 Å². The number of nitrogens with zero attached hydrogens (tertiary/aromatic N) is 3. The average molecular weight is 844 g/mol. The van der Waals surface area contributed by atoms with Crippen molar-refractivity contribution in [3.05, 3.63) is 84.8 Å². The van der Waals surface area contributed by atoms with Gasteiger partial charge >= 0.3 is 0 Å². The summed E-state index contributed by atoms with van der Waals surface area (Å²) in [6, 6.07) is 17.4. The summed E-state index contributed by atoms with van der Waals surface area (Å²) in [7, 11) is -2.64. The summed E-state index contributed by atoms with van der Waals surface area (Å²) in [6.45, 7) is 12.4. The molecule has 0 spiro atoms. The Morgan fingerprint density at radius 1 is 1.02 bits per heavy atom. The van der Waals surface area contributed by atoms with E-state index in [2.05, 4.69) is 16.6 Å². The van der Waals surface area contributed by atoms with Gasteiger partial charge in [-0.15, -0.1) is 17.9 Å². The summed E-state index contributed by atoms with van der Waals surface area (Å²) in [5, 5.41) is 5.03. The van der Waals surface area contributed by atoms with Crippen LogP contribution in [-0.2, 0) is 29.2 Å². The van der Waals surface area contributed by atoms with E-state index in [1.165, 1.54) is 17.0 Å². The number of aromatic nitrogens is 1. The largest absolute Gasteiger partial charge is 0.497 e. The Hall–Kier alpha value is -5.28. The van der Waals surface area contributed by atoms with Crippen LogP contribution in [0.5, 0.6) is 11.5 Å². The van der Waals surface area contributed by atoms with Crippen LogP contribution < -0.4 is 19.5 Å². The zero-order valence-electron chi connectivity index (χ0n) is 34.2. The molecule has 2 saturated heterocycles. The second-order valence-corrected chi connectivity index (χ2v) is 19.1. The molecule has 0 radical (unpaired) electrons. The predicted octanol–water partition coefficient (Wildman–Crippen LogP) is 6.20. The number of amides is 4. The number of fused-ring (bicyclic) bond motifs is 1. The molecule has 2 aromatic carbocycles. The third kappa shape index (κ3) is 10.1. The van der Waals surface area contributed by atoms with Crippen molar-refractivity contribution in [2.45, 2.75) is 82.2 Å². The molecule has 0 saturated carbocycles. The van der Waals surface area contributed by atoms with Crippen LogP contribution in [0.1, 0.15) is 59.8 Å². The van der Waals surface area contributed by atoms with Crippen molar-refractivity contribution < 1.29 is 37.1 Å². The number of sulfonamides is 1. The molecule has 0 unspecified atom stereocenters. The summed E-state index contributed by atoms with van der Waals surface area (Å²) in [5.41, 5.74) is 1.46. The van der Waals surface area contributed by atoms with Gasteiger partial charge in [0.05, 0.1) is 30.8 Å². The van der Waals surface area contributed by atoms with E-state index >= 15 is 0 Å². The first-order valence-electron chi connectivity index (χ1n) is 19.9. The standard InChI is InChI=1S/C44H53N5O8S2/c1-7-28(2)40(42(52)47-59(54,55)39-17-14-22-58-39)46-41(51)36-24-31(27-49(36)43(53)33(44(3,4)5)25-38(50)48-20-12-9-13-21-48)57-37-26-34(29-15-10-8-11-16-29)45-35-23-30(56-6)18-19-32(35)37/h7-8,10-11,14-19,22-23,26,28,31,33,36,40H,1,9,12-13,20-21,24-25,27H2,2-6H3,(H,46,51)(H,47,52)/t28-,31+,33+,36-,40+/m0/s1. The molecular formula is C44H53N5O8S2. The second-order valence-electron chi connectivity index (χ2n) is 16.3. The number of ether oxygens (including phenoxy) is 2. The number of hydrogen-bond donors (Lipinski definition) is 2. The Kier molecular flexibility index (Phi) is 13.5. The molecule has 2 aromatic heterocycles. The van der Waals surface area contributed by atoms with E-state index in [1.807, 2.05) is 74.2 Å². The monoisotopic (exact) mass is 843 g/mol. The number of thiophene rings is 1. The lowest BCUT2D eigenvalue weighted by molar-refractivity contribution is -0.148. The molecule has 2 aliphatic rings. The summed E-state index contributed by atoms with van der Waals surface area (Å²) < 4.78 is 40.4. The molecule has 0 bridgehead atoms. The third-order valence-electron chi connectivity index (χ3n) is 11.1. The van der Waals surface area contributed by atoms with Gasteiger partial charge in [0.25, 0.3) is 15.9 Å². The van der Waals surface area contributed by atoms with E-state index in [4.69, 9.17) is 14.5 Å².